The molecule has 36 heavy (non-hydrogen) atoms. The molecule has 2 aromatic carbocycles. The monoisotopic (exact) mass is 494 g/mol. The van der Waals surface area contributed by atoms with Crippen LogP contribution >= 0.6 is 0 Å². The third-order valence-corrected chi connectivity index (χ3v) is 6.71. The Morgan fingerprint density at radius 2 is 1.72 bits per heavy atom. The Morgan fingerprint density at radius 3 is 2.39 bits per heavy atom. The van der Waals surface area contributed by atoms with Crippen LogP contribution in [0.5, 0.6) is 0 Å². The number of amides is 1. The Hall–Kier alpha value is -3.23. The summed E-state index contributed by atoms with van der Waals surface area (Å²) in [6, 6.07) is 17.8. The summed E-state index contributed by atoms with van der Waals surface area (Å²) >= 11 is 0. The molecule has 2 N–H and O–H groups in total. The van der Waals surface area contributed by atoms with Crippen LogP contribution < -0.4 is 5.32 Å². The fourth-order valence-electron chi connectivity index (χ4n) is 4.52. The predicted molar refractivity (Wildman–Crippen MR) is 134 cm³/mol. The molecule has 1 saturated heterocycles. The molecule has 192 valence electrons. The van der Waals surface area contributed by atoms with Crippen molar-refractivity contribution >= 4 is 17.6 Å². The summed E-state index contributed by atoms with van der Waals surface area (Å²) in [5, 5.41) is 16.6. The second-order valence-corrected chi connectivity index (χ2v) is 9.96. The van der Waals surface area contributed by atoms with Crippen molar-refractivity contribution in [3.8, 4) is 0 Å². The highest BCUT2D eigenvalue weighted by Gasteiger charge is 2.44. The van der Waals surface area contributed by atoms with E-state index in [1.165, 1.54) is 13.8 Å². The molecule has 8 nitrogen and oxygen atoms in total. The number of carboxylic acids is 1. The van der Waals surface area contributed by atoms with Gasteiger partial charge in [-0.2, -0.15) is 0 Å². The molecule has 1 spiro atoms. The van der Waals surface area contributed by atoms with E-state index in [4.69, 9.17) is 14.3 Å². The lowest BCUT2D eigenvalue weighted by atomic mass is 9.79. The third kappa shape index (κ3) is 6.71. The maximum atomic E-state index is 12.4. The first kappa shape index (κ1) is 25.9. The smallest absolute Gasteiger partial charge is 0.350 e. The van der Waals surface area contributed by atoms with Crippen LogP contribution in [0.15, 0.2) is 59.8 Å². The lowest BCUT2D eigenvalue weighted by Crippen LogP contribution is -2.42. The van der Waals surface area contributed by atoms with Gasteiger partial charge in [-0.15, -0.1) is 0 Å². The molecule has 1 heterocycles. The Morgan fingerprint density at radius 1 is 1.06 bits per heavy atom. The van der Waals surface area contributed by atoms with Gasteiger partial charge in [0.1, 0.15) is 0 Å². The summed E-state index contributed by atoms with van der Waals surface area (Å²) in [6.45, 7) is 4.62. The summed E-state index contributed by atoms with van der Waals surface area (Å²) in [5.41, 5.74) is 2.50. The third-order valence-electron chi connectivity index (χ3n) is 6.71. The van der Waals surface area contributed by atoms with Gasteiger partial charge in [0.15, 0.2) is 5.79 Å². The van der Waals surface area contributed by atoms with Crippen molar-refractivity contribution in [2.75, 3.05) is 13.2 Å². The van der Waals surface area contributed by atoms with E-state index in [0.717, 1.165) is 22.4 Å². The van der Waals surface area contributed by atoms with E-state index in [1.54, 1.807) is 0 Å². The van der Waals surface area contributed by atoms with Gasteiger partial charge in [0.25, 0.3) is 0 Å². The molecule has 1 aliphatic heterocycles. The van der Waals surface area contributed by atoms with E-state index in [9.17, 15) is 14.7 Å². The van der Waals surface area contributed by atoms with E-state index < -0.39 is 17.4 Å². The van der Waals surface area contributed by atoms with Gasteiger partial charge in [-0.1, -0.05) is 59.8 Å². The number of ether oxygens (including phenoxy) is 2. The molecule has 0 radical (unpaired) electrons. The normalized spacial score (nSPS) is 20.4. The van der Waals surface area contributed by atoms with E-state index in [0.29, 0.717) is 51.9 Å². The van der Waals surface area contributed by atoms with E-state index in [2.05, 4.69) is 10.5 Å². The van der Waals surface area contributed by atoms with Crippen molar-refractivity contribution in [1.29, 1.82) is 0 Å². The van der Waals surface area contributed by atoms with E-state index >= 15 is 0 Å². The first-order chi connectivity index (χ1) is 17.2. The van der Waals surface area contributed by atoms with Crippen LogP contribution in [0.2, 0.25) is 0 Å². The van der Waals surface area contributed by atoms with Crippen molar-refractivity contribution in [2.24, 2.45) is 11.1 Å². The van der Waals surface area contributed by atoms with Crippen LogP contribution in [0.4, 0.5) is 0 Å². The molecular weight excluding hydrogens is 460 g/mol. The number of hydrogen-bond acceptors (Lipinski definition) is 6. The van der Waals surface area contributed by atoms with Crippen molar-refractivity contribution in [3.05, 3.63) is 71.3 Å². The maximum absolute atomic E-state index is 12.4. The first-order valence-corrected chi connectivity index (χ1v) is 12.4. The number of rotatable bonds is 9. The average Bonchev–Trinajstić information content (AvgIpc) is 3.31. The van der Waals surface area contributed by atoms with Crippen molar-refractivity contribution in [1.82, 2.24) is 5.32 Å². The summed E-state index contributed by atoms with van der Waals surface area (Å²) < 4.78 is 11.9. The van der Waals surface area contributed by atoms with Gasteiger partial charge >= 0.3 is 5.97 Å². The number of hydrogen-bond donors (Lipinski definition) is 2. The van der Waals surface area contributed by atoms with Crippen LogP contribution in [-0.4, -0.2) is 47.3 Å². The van der Waals surface area contributed by atoms with Crippen LogP contribution in [0.1, 0.15) is 49.8 Å². The largest absolute Gasteiger partial charge is 0.478 e. The fourth-order valence-corrected chi connectivity index (χ4v) is 4.52. The average molecular weight is 495 g/mol. The number of aliphatic carboxylic acids is 1. The van der Waals surface area contributed by atoms with Gasteiger partial charge in [-0.25, -0.2) is 4.79 Å². The molecule has 0 aromatic heterocycles. The number of carbonyl (C=O) groups excluding carboxylic acids is 1. The standard InChI is InChI=1S/C28H34N2O6/c1-27(2,26(32)33)36-30-24-12-13-28(34-14-15-35-28)18-23(24)16-20-8-10-21(11-9-20)17-25(31)29-19-22-6-4-3-5-7-22/h3-11,23H,12-19H2,1-2H3,(H,29,31)(H,32,33)/b30-24+. The molecule has 1 saturated carbocycles. The van der Waals surface area contributed by atoms with Gasteiger partial charge in [0.2, 0.25) is 11.5 Å². The van der Waals surface area contributed by atoms with Gasteiger partial charge in [-0.3, -0.25) is 4.79 Å². The van der Waals surface area contributed by atoms with Gasteiger partial charge in [0, 0.05) is 25.3 Å². The Bertz CT molecular complexity index is 1070. The SMILES string of the molecule is CC(C)(O/N=C1\CCC2(CC1Cc1ccc(CC(=O)NCc3ccccc3)cc1)OCCO2)C(=O)O. The number of nitrogens with one attached hydrogen (secondary N) is 1. The Kier molecular flexibility index (Phi) is 8.06. The predicted octanol–water partition coefficient (Wildman–Crippen LogP) is 3.87. The molecule has 1 amide bonds. The number of nitrogens with zero attached hydrogens (tertiary/aromatic N) is 1. The zero-order chi connectivity index (χ0) is 25.6. The molecule has 0 bridgehead atoms. The molecule has 4 rings (SSSR count). The summed E-state index contributed by atoms with van der Waals surface area (Å²) in [4.78, 5) is 29.2. The molecule has 8 heteroatoms. The van der Waals surface area contributed by atoms with Crippen molar-refractivity contribution in [3.63, 3.8) is 0 Å². The first-order valence-electron chi connectivity index (χ1n) is 12.4. The second kappa shape index (κ2) is 11.2. The Balaban J connectivity index is 1.39. The fraction of sp³-hybridized carbons (Fsp3) is 0.464. The molecule has 1 atom stereocenters. The molecule has 1 unspecified atom stereocenters. The van der Waals surface area contributed by atoms with Crippen molar-refractivity contribution < 1.29 is 29.0 Å². The van der Waals surface area contributed by atoms with Crippen LogP contribution in [-0.2, 0) is 43.3 Å². The van der Waals surface area contributed by atoms with E-state index in [-0.39, 0.29) is 11.8 Å². The topological polar surface area (TPSA) is 106 Å². The lowest BCUT2D eigenvalue weighted by molar-refractivity contribution is -0.175. The van der Waals surface area contributed by atoms with Gasteiger partial charge < -0.3 is 24.7 Å². The maximum Gasteiger partial charge on any atom is 0.350 e. The molecule has 1 aliphatic carbocycles. The second-order valence-electron chi connectivity index (χ2n) is 9.96. The number of benzene rings is 2. The molecule has 2 aliphatic rings. The van der Waals surface area contributed by atoms with Gasteiger partial charge in [0.05, 0.1) is 25.3 Å². The van der Waals surface area contributed by atoms with E-state index in [1.807, 2.05) is 54.6 Å². The van der Waals surface area contributed by atoms with Crippen LogP contribution in [0.25, 0.3) is 0 Å². The molecule has 2 fully saturated rings. The minimum atomic E-state index is -1.41. The van der Waals surface area contributed by atoms with Crippen LogP contribution in [0, 0.1) is 5.92 Å². The summed E-state index contributed by atoms with van der Waals surface area (Å²) in [7, 11) is 0. The number of carbonyl (C=O) groups is 2. The molecular formula is C28H34N2O6. The summed E-state index contributed by atoms with van der Waals surface area (Å²) in [5.74, 6) is -1.71. The quantitative estimate of drug-likeness (QED) is 0.513. The minimum Gasteiger partial charge on any atom is -0.478 e. The number of oxime groups is 1. The van der Waals surface area contributed by atoms with Crippen molar-refractivity contribution in [2.45, 2.75) is 63.9 Å². The highest BCUT2D eigenvalue weighted by atomic mass is 16.7. The lowest BCUT2D eigenvalue weighted by Gasteiger charge is -2.37. The van der Waals surface area contributed by atoms with Crippen LogP contribution in [0.3, 0.4) is 0 Å². The minimum absolute atomic E-state index is 0.0125. The number of carboxylic acid groups (broad SMARTS) is 1. The zero-order valence-corrected chi connectivity index (χ0v) is 20.9. The molecule has 2 aromatic rings. The zero-order valence-electron chi connectivity index (χ0n) is 20.9. The highest BCUT2D eigenvalue weighted by Crippen LogP contribution is 2.39. The highest BCUT2D eigenvalue weighted by molar-refractivity contribution is 5.88. The van der Waals surface area contributed by atoms with Gasteiger partial charge in [-0.05, 0) is 43.4 Å². The Labute approximate surface area is 211 Å². The summed E-state index contributed by atoms with van der Waals surface area (Å²) in [6.07, 6.45) is 2.90.